The molecular weight excluding hydrogens is 346 g/mol. The van der Waals surface area contributed by atoms with Crippen LogP contribution >= 0.6 is 11.6 Å². The zero-order valence-corrected chi connectivity index (χ0v) is 14.7. The van der Waals surface area contributed by atoms with Gasteiger partial charge in [-0.25, -0.2) is 4.68 Å². The van der Waals surface area contributed by atoms with Crippen molar-refractivity contribution < 1.29 is 9.00 Å². The van der Waals surface area contributed by atoms with E-state index in [0.29, 0.717) is 22.3 Å². The number of carbonyl (C=O) groups excluding carboxylic acids is 1. The van der Waals surface area contributed by atoms with Gasteiger partial charge in [0, 0.05) is 27.3 Å². The van der Waals surface area contributed by atoms with Gasteiger partial charge in [-0.1, -0.05) is 30.5 Å². The molecule has 1 aliphatic carbocycles. The highest BCUT2D eigenvalue weighted by Gasteiger charge is 2.30. The van der Waals surface area contributed by atoms with Crippen LogP contribution in [0, 0.1) is 5.92 Å². The molecule has 1 aromatic carbocycles. The van der Waals surface area contributed by atoms with E-state index in [1.807, 2.05) is 18.2 Å². The Labute approximate surface area is 147 Å². The lowest BCUT2D eigenvalue weighted by atomic mass is 10.1. The van der Waals surface area contributed by atoms with Gasteiger partial charge in [0.05, 0.1) is 22.9 Å². The first-order valence-electron chi connectivity index (χ1n) is 8.14. The lowest BCUT2D eigenvalue weighted by Crippen LogP contribution is -2.22. The van der Waals surface area contributed by atoms with Crippen LogP contribution in [0.2, 0.25) is 5.02 Å². The molecule has 1 amide bonds. The minimum atomic E-state index is -0.938. The highest BCUT2D eigenvalue weighted by Crippen LogP contribution is 2.33. The van der Waals surface area contributed by atoms with Crippen LogP contribution < -0.4 is 5.32 Å². The van der Waals surface area contributed by atoms with Crippen molar-refractivity contribution in [2.24, 2.45) is 5.92 Å². The maximum absolute atomic E-state index is 12.6. The molecule has 24 heavy (non-hydrogen) atoms. The predicted molar refractivity (Wildman–Crippen MR) is 94.7 cm³/mol. The summed E-state index contributed by atoms with van der Waals surface area (Å²) in [5, 5.41) is 8.25. The summed E-state index contributed by atoms with van der Waals surface area (Å²) in [6, 6.07) is 7.36. The first-order valence-corrected chi connectivity index (χ1v) is 10.0. The van der Waals surface area contributed by atoms with Gasteiger partial charge in [0.1, 0.15) is 5.82 Å². The lowest BCUT2D eigenvalue weighted by Gasteiger charge is -2.14. The number of hydrogen-bond donors (Lipinski definition) is 1. The normalized spacial score (nSPS) is 20.3. The number of amides is 1. The number of nitrogens with one attached hydrogen (secondary N) is 1. The van der Waals surface area contributed by atoms with Gasteiger partial charge < -0.3 is 5.32 Å². The Morgan fingerprint density at radius 3 is 2.83 bits per heavy atom. The Bertz CT molecular complexity index is 827. The number of hydrogen-bond acceptors (Lipinski definition) is 3. The Balaban J connectivity index is 1.73. The fourth-order valence-electron chi connectivity index (χ4n) is 3.46. The summed E-state index contributed by atoms with van der Waals surface area (Å²) in [5.74, 6) is 1.63. The number of fused-ring (bicyclic) bond motifs is 1. The van der Waals surface area contributed by atoms with Crippen molar-refractivity contribution in [3.63, 3.8) is 0 Å². The number of anilines is 1. The largest absolute Gasteiger partial charge is 0.310 e. The number of rotatable bonds is 3. The van der Waals surface area contributed by atoms with E-state index in [9.17, 15) is 9.00 Å². The van der Waals surface area contributed by atoms with Crippen molar-refractivity contribution in [1.82, 2.24) is 9.78 Å². The second-order valence-corrected chi connectivity index (χ2v) is 8.26. The van der Waals surface area contributed by atoms with E-state index in [4.69, 9.17) is 11.6 Å². The Kier molecular flexibility index (Phi) is 4.18. The Morgan fingerprint density at radius 1 is 1.29 bits per heavy atom. The predicted octanol–water partition coefficient (Wildman–Crippen LogP) is 3.42. The quantitative estimate of drug-likeness (QED) is 0.908. The summed E-state index contributed by atoms with van der Waals surface area (Å²) < 4.78 is 13.6. The first kappa shape index (κ1) is 15.8. The smallest absolute Gasteiger partial charge is 0.228 e. The van der Waals surface area contributed by atoms with Gasteiger partial charge in [0.15, 0.2) is 0 Å². The van der Waals surface area contributed by atoms with E-state index >= 15 is 0 Å². The van der Waals surface area contributed by atoms with Crippen LogP contribution in [-0.2, 0) is 27.1 Å². The number of nitrogens with zero attached hydrogens (tertiary/aromatic N) is 2. The third-order valence-electron chi connectivity index (χ3n) is 4.69. The SMILES string of the molecule is O=C(Nc1c2c(nn1-c1cccc(Cl)c1)CS(=O)C2)C1CCCC1. The van der Waals surface area contributed by atoms with Gasteiger partial charge in [0.2, 0.25) is 5.91 Å². The van der Waals surface area contributed by atoms with Crippen LogP contribution in [0.1, 0.15) is 36.9 Å². The minimum Gasteiger partial charge on any atom is -0.310 e. The molecule has 1 aliphatic heterocycles. The molecule has 1 unspecified atom stereocenters. The summed E-state index contributed by atoms with van der Waals surface area (Å²) in [6.07, 6.45) is 4.08. The van der Waals surface area contributed by atoms with Crippen molar-refractivity contribution in [1.29, 1.82) is 0 Å². The van der Waals surface area contributed by atoms with Gasteiger partial charge in [-0.2, -0.15) is 5.10 Å². The van der Waals surface area contributed by atoms with Crippen molar-refractivity contribution in [3.8, 4) is 5.69 Å². The van der Waals surface area contributed by atoms with Gasteiger partial charge >= 0.3 is 0 Å². The van der Waals surface area contributed by atoms with E-state index in [1.165, 1.54) is 0 Å². The zero-order valence-electron chi connectivity index (χ0n) is 13.1. The summed E-state index contributed by atoms with van der Waals surface area (Å²) >= 11 is 6.10. The van der Waals surface area contributed by atoms with E-state index in [0.717, 1.165) is 42.6 Å². The molecule has 1 fully saturated rings. The van der Waals surface area contributed by atoms with Gasteiger partial charge in [-0.15, -0.1) is 0 Å². The number of aromatic nitrogens is 2. The summed E-state index contributed by atoms with van der Waals surface area (Å²) in [7, 11) is -0.938. The molecule has 2 heterocycles. The third kappa shape index (κ3) is 2.89. The molecular formula is C17H18ClN3O2S. The molecule has 1 atom stereocenters. The molecule has 4 rings (SSSR count). The van der Waals surface area contributed by atoms with Crippen molar-refractivity contribution >= 4 is 34.1 Å². The van der Waals surface area contributed by atoms with E-state index in [-0.39, 0.29) is 11.8 Å². The van der Waals surface area contributed by atoms with E-state index in [2.05, 4.69) is 10.4 Å². The monoisotopic (exact) mass is 363 g/mol. The molecule has 126 valence electrons. The molecule has 7 heteroatoms. The van der Waals surface area contributed by atoms with E-state index < -0.39 is 10.8 Å². The van der Waals surface area contributed by atoms with Crippen LogP contribution in [0.5, 0.6) is 0 Å². The minimum absolute atomic E-state index is 0.0381. The summed E-state index contributed by atoms with van der Waals surface area (Å²) in [5.41, 5.74) is 2.49. The van der Waals surface area contributed by atoms with Gasteiger partial charge in [0.25, 0.3) is 0 Å². The standard InChI is InChI=1S/C17H18ClN3O2S/c18-12-6-3-7-13(8-12)21-16(14-9-24(23)10-15(14)20-21)19-17(22)11-4-1-2-5-11/h3,6-8,11H,1-2,4-5,9-10H2,(H,19,22). The topological polar surface area (TPSA) is 64.0 Å². The second kappa shape index (κ2) is 6.33. The average Bonchev–Trinajstić information content (AvgIpc) is 3.25. The highest BCUT2D eigenvalue weighted by atomic mass is 35.5. The average molecular weight is 364 g/mol. The molecule has 5 nitrogen and oxygen atoms in total. The number of halogens is 1. The van der Waals surface area contributed by atoms with Gasteiger partial charge in [-0.05, 0) is 31.0 Å². The number of carbonyl (C=O) groups is 1. The lowest BCUT2D eigenvalue weighted by molar-refractivity contribution is -0.119. The van der Waals surface area contributed by atoms with Crippen molar-refractivity contribution in [2.45, 2.75) is 37.2 Å². The molecule has 2 aliphatic rings. The molecule has 1 saturated carbocycles. The first-order chi connectivity index (χ1) is 11.6. The molecule has 0 radical (unpaired) electrons. The molecule has 1 N–H and O–H groups in total. The number of benzene rings is 1. The molecule has 2 aromatic rings. The van der Waals surface area contributed by atoms with Crippen LogP contribution in [0.25, 0.3) is 5.69 Å². The second-order valence-electron chi connectivity index (χ2n) is 6.36. The van der Waals surface area contributed by atoms with Crippen molar-refractivity contribution in [3.05, 3.63) is 40.5 Å². The van der Waals surface area contributed by atoms with E-state index in [1.54, 1.807) is 10.7 Å². The molecule has 0 saturated heterocycles. The fourth-order valence-corrected chi connectivity index (χ4v) is 4.91. The molecule has 0 bridgehead atoms. The molecule has 1 aromatic heterocycles. The summed E-state index contributed by atoms with van der Waals surface area (Å²) in [4.78, 5) is 12.6. The highest BCUT2D eigenvalue weighted by molar-refractivity contribution is 7.83. The van der Waals surface area contributed by atoms with Gasteiger partial charge in [-0.3, -0.25) is 9.00 Å². The van der Waals surface area contributed by atoms with Crippen LogP contribution in [0.3, 0.4) is 0 Å². The van der Waals surface area contributed by atoms with Crippen LogP contribution in [-0.4, -0.2) is 19.9 Å². The van der Waals surface area contributed by atoms with Crippen LogP contribution in [0.4, 0.5) is 5.82 Å². The fraction of sp³-hybridized carbons (Fsp3) is 0.412. The third-order valence-corrected chi connectivity index (χ3v) is 6.13. The zero-order chi connectivity index (χ0) is 16.7. The maximum Gasteiger partial charge on any atom is 0.228 e. The van der Waals surface area contributed by atoms with Crippen LogP contribution in [0.15, 0.2) is 24.3 Å². The Hall–Kier alpha value is -1.66. The Morgan fingerprint density at radius 2 is 2.08 bits per heavy atom. The maximum atomic E-state index is 12.6. The van der Waals surface area contributed by atoms with Crippen molar-refractivity contribution in [2.75, 3.05) is 5.32 Å². The molecule has 0 spiro atoms. The summed E-state index contributed by atoms with van der Waals surface area (Å²) in [6.45, 7) is 0.